The second-order valence-electron chi connectivity index (χ2n) is 6.89. The van der Waals surface area contributed by atoms with Gasteiger partial charge in [0.25, 0.3) is 5.91 Å². The van der Waals surface area contributed by atoms with Crippen molar-refractivity contribution in [3.8, 4) is 0 Å². The average Bonchev–Trinajstić information content (AvgIpc) is 3.01. The van der Waals surface area contributed by atoms with E-state index in [4.69, 9.17) is 9.84 Å². The normalized spacial score (nSPS) is 15.7. The van der Waals surface area contributed by atoms with Gasteiger partial charge in [-0.25, -0.2) is 9.78 Å². The molecule has 1 aliphatic heterocycles. The first-order valence-electron chi connectivity index (χ1n) is 8.09. The zero-order valence-electron chi connectivity index (χ0n) is 14.6. The lowest BCUT2D eigenvalue weighted by Gasteiger charge is -2.32. The highest BCUT2D eigenvalue weighted by Gasteiger charge is 2.29. The predicted molar refractivity (Wildman–Crippen MR) is 91.9 cm³/mol. The summed E-state index contributed by atoms with van der Waals surface area (Å²) in [7, 11) is 0. The summed E-state index contributed by atoms with van der Waals surface area (Å²) in [6, 6.07) is 0. The van der Waals surface area contributed by atoms with E-state index in [0.29, 0.717) is 13.1 Å². The number of rotatable bonds is 4. The number of carbonyl (C=O) groups is 3. The van der Waals surface area contributed by atoms with Crippen LogP contribution in [0.1, 0.15) is 55.0 Å². The largest absolute Gasteiger partial charge is 0.480 e. The van der Waals surface area contributed by atoms with Crippen molar-refractivity contribution in [2.45, 2.75) is 45.1 Å². The number of carboxylic acids is 1. The summed E-state index contributed by atoms with van der Waals surface area (Å²) in [4.78, 5) is 40.4. The maximum absolute atomic E-state index is 12.1. The number of carboxylic acid groups (broad SMARTS) is 1. The Morgan fingerprint density at radius 1 is 1.36 bits per heavy atom. The van der Waals surface area contributed by atoms with Gasteiger partial charge >= 0.3 is 12.1 Å². The van der Waals surface area contributed by atoms with Crippen molar-refractivity contribution in [2.24, 2.45) is 0 Å². The first-order valence-corrected chi connectivity index (χ1v) is 8.97. The number of aliphatic carboxylic acids is 1. The highest BCUT2D eigenvalue weighted by Crippen LogP contribution is 2.30. The van der Waals surface area contributed by atoms with Gasteiger partial charge in [0.05, 0.1) is 5.01 Å². The van der Waals surface area contributed by atoms with E-state index < -0.39 is 24.0 Å². The SMILES string of the molecule is CC(C)(C)OC(=O)N1CCC(c2nc(C(=O)NCC(=O)O)cs2)CC1. The zero-order valence-corrected chi connectivity index (χ0v) is 15.4. The molecule has 8 nitrogen and oxygen atoms in total. The van der Waals surface area contributed by atoms with Crippen LogP contribution in [0, 0.1) is 0 Å². The van der Waals surface area contributed by atoms with Gasteiger partial charge in [0.2, 0.25) is 0 Å². The smallest absolute Gasteiger partial charge is 0.410 e. The van der Waals surface area contributed by atoms with E-state index in [9.17, 15) is 14.4 Å². The fourth-order valence-corrected chi connectivity index (χ4v) is 3.43. The summed E-state index contributed by atoms with van der Waals surface area (Å²) in [5, 5.41) is 13.3. The number of ether oxygens (including phenoxy) is 1. The van der Waals surface area contributed by atoms with E-state index >= 15 is 0 Å². The number of nitrogens with one attached hydrogen (secondary N) is 1. The third-order valence-corrected chi connectivity index (χ3v) is 4.66. The minimum absolute atomic E-state index is 0.185. The minimum atomic E-state index is -1.10. The second kappa shape index (κ2) is 7.81. The van der Waals surface area contributed by atoms with Crippen molar-refractivity contribution in [1.82, 2.24) is 15.2 Å². The van der Waals surface area contributed by atoms with Crippen LogP contribution < -0.4 is 5.32 Å². The number of aromatic nitrogens is 1. The Morgan fingerprint density at radius 3 is 2.56 bits per heavy atom. The Kier molecular flexibility index (Phi) is 5.99. The Balaban J connectivity index is 1.88. The molecule has 2 N–H and O–H groups in total. The highest BCUT2D eigenvalue weighted by molar-refractivity contribution is 7.09. The summed E-state index contributed by atoms with van der Waals surface area (Å²) in [5.74, 6) is -1.40. The zero-order chi connectivity index (χ0) is 18.6. The topological polar surface area (TPSA) is 109 Å². The van der Waals surface area contributed by atoms with Crippen LogP contribution in [-0.4, -0.2) is 58.2 Å². The van der Waals surface area contributed by atoms with Crippen LogP contribution in [0.3, 0.4) is 0 Å². The molecule has 1 aromatic rings. The molecule has 0 bridgehead atoms. The van der Waals surface area contributed by atoms with Gasteiger partial charge in [-0.05, 0) is 33.6 Å². The van der Waals surface area contributed by atoms with Gasteiger partial charge in [-0.15, -0.1) is 11.3 Å². The van der Waals surface area contributed by atoms with E-state index in [1.165, 1.54) is 11.3 Å². The molecule has 9 heteroatoms. The molecular weight excluding hydrogens is 346 g/mol. The predicted octanol–water partition coefficient (Wildman–Crippen LogP) is 2.07. The summed E-state index contributed by atoms with van der Waals surface area (Å²) in [6.07, 6.45) is 1.20. The Labute approximate surface area is 150 Å². The molecule has 0 radical (unpaired) electrons. The molecule has 2 amide bonds. The number of carbonyl (C=O) groups excluding carboxylic acids is 2. The Hall–Kier alpha value is -2.16. The molecular formula is C16H23N3O5S. The lowest BCUT2D eigenvalue weighted by atomic mass is 9.98. The molecule has 1 fully saturated rings. The van der Waals surface area contributed by atoms with E-state index in [1.54, 1.807) is 10.3 Å². The van der Waals surface area contributed by atoms with Gasteiger partial charge in [-0.1, -0.05) is 0 Å². The van der Waals surface area contributed by atoms with Crippen molar-refractivity contribution in [1.29, 1.82) is 0 Å². The number of thiazole rings is 1. The fourth-order valence-electron chi connectivity index (χ4n) is 2.46. The Morgan fingerprint density at radius 2 is 2.00 bits per heavy atom. The van der Waals surface area contributed by atoms with Gasteiger partial charge in [0.1, 0.15) is 17.8 Å². The van der Waals surface area contributed by atoms with Gasteiger partial charge in [0.15, 0.2) is 0 Å². The van der Waals surface area contributed by atoms with E-state index in [-0.39, 0.29) is 17.7 Å². The lowest BCUT2D eigenvalue weighted by molar-refractivity contribution is -0.135. The standard InChI is InChI=1S/C16H23N3O5S/c1-16(2,3)24-15(23)19-6-4-10(5-7-19)14-18-11(9-25-14)13(22)17-8-12(20)21/h9-10H,4-8H2,1-3H3,(H,17,22)(H,20,21). The number of amides is 2. The van der Waals surface area contributed by atoms with Crippen molar-refractivity contribution < 1.29 is 24.2 Å². The van der Waals surface area contributed by atoms with Gasteiger partial charge < -0.3 is 20.1 Å². The minimum Gasteiger partial charge on any atom is -0.480 e. The second-order valence-corrected chi connectivity index (χ2v) is 7.78. The van der Waals surface area contributed by atoms with Crippen LogP contribution in [0.2, 0.25) is 0 Å². The molecule has 0 unspecified atom stereocenters. The molecule has 25 heavy (non-hydrogen) atoms. The molecule has 0 saturated carbocycles. The molecule has 138 valence electrons. The first kappa shape index (κ1) is 19.2. The van der Waals surface area contributed by atoms with E-state index in [0.717, 1.165) is 17.8 Å². The van der Waals surface area contributed by atoms with Crippen molar-refractivity contribution in [3.63, 3.8) is 0 Å². The van der Waals surface area contributed by atoms with Crippen molar-refractivity contribution >= 4 is 29.3 Å². The molecule has 2 heterocycles. The van der Waals surface area contributed by atoms with Crippen LogP contribution in [-0.2, 0) is 9.53 Å². The average molecular weight is 369 g/mol. The fraction of sp³-hybridized carbons (Fsp3) is 0.625. The first-order chi connectivity index (χ1) is 11.7. The van der Waals surface area contributed by atoms with Crippen LogP contribution in [0.25, 0.3) is 0 Å². The highest BCUT2D eigenvalue weighted by atomic mass is 32.1. The third-order valence-electron chi connectivity index (χ3n) is 3.65. The number of piperidine rings is 1. The van der Waals surface area contributed by atoms with Crippen LogP contribution in [0.15, 0.2) is 5.38 Å². The number of nitrogens with zero attached hydrogens (tertiary/aromatic N) is 2. The lowest BCUT2D eigenvalue weighted by Crippen LogP contribution is -2.41. The van der Waals surface area contributed by atoms with Crippen molar-refractivity contribution in [3.05, 3.63) is 16.1 Å². The maximum atomic E-state index is 12.1. The summed E-state index contributed by atoms with van der Waals surface area (Å²) in [5.41, 5.74) is -0.280. The summed E-state index contributed by atoms with van der Waals surface area (Å²) < 4.78 is 5.37. The molecule has 1 aliphatic rings. The number of hydrogen-bond acceptors (Lipinski definition) is 6. The van der Waals surface area contributed by atoms with Crippen LogP contribution in [0.5, 0.6) is 0 Å². The van der Waals surface area contributed by atoms with Crippen molar-refractivity contribution in [2.75, 3.05) is 19.6 Å². The van der Waals surface area contributed by atoms with Gasteiger partial charge in [-0.3, -0.25) is 9.59 Å². The molecule has 0 aliphatic carbocycles. The molecule has 0 spiro atoms. The van der Waals surface area contributed by atoms with E-state index in [1.807, 2.05) is 20.8 Å². The van der Waals surface area contributed by atoms with Gasteiger partial charge in [-0.2, -0.15) is 0 Å². The van der Waals surface area contributed by atoms with Crippen LogP contribution in [0.4, 0.5) is 4.79 Å². The van der Waals surface area contributed by atoms with E-state index in [2.05, 4.69) is 10.3 Å². The number of hydrogen-bond donors (Lipinski definition) is 2. The van der Waals surface area contributed by atoms with Crippen LogP contribution >= 0.6 is 11.3 Å². The molecule has 1 saturated heterocycles. The number of likely N-dealkylation sites (tertiary alicyclic amines) is 1. The molecule has 0 aromatic carbocycles. The monoisotopic (exact) mass is 369 g/mol. The quantitative estimate of drug-likeness (QED) is 0.841. The Bertz CT molecular complexity index is 644. The summed E-state index contributed by atoms with van der Waals surface area (Å²) >= 11 is 1.38. The molecule has 1 aromatic heterocycles. The van der Waals surface area contributed by atoms with Gasteiger partial charge in [0, 0.05) is 24.4 Å². The molecule has 0 atom stereocenters. The molecule has 2 rings (SSSR count). The summed E-state index contributed by atoms with van der Waals surface area (Å²) in [6.45, 7) is 6.25. The maximum Gasteiger partial charge on any atom is 0.410 e. The third kappa shape index (κ3) is 5.70.